The van der Waals surface area contributed by atoms with Crippen LogP contribution < -0.4 is 0 Å². The molecule has 0 heterocycles. The van der Waals surface area contributed by atoms with E-state index in [0.29, 0.717) is 16.2 Å². The molecule has 0 aromatic carbocycles. The average molecular weight is 920 g/mol. The normalized spacial score (nSPS) is 11.8. The molecule has 0 saturated carbocycles. The van der Waals surface area contributed by atoms with E-state index in [1.165, 1.54) is 19.4 Å². The fourth-order valence-corrected chi connectivity index (χ4v) is 1.33. The van der Waals surface area contributed by atoms with Gasteiger partial charge in [0.05, 0.1) is 0 Å². The van der Waals surface area contributed by atoms with Gasteiger partial charge in [0.2, 0.25) is 0 Å². The van der Waals surface area contributed by atoms with Gasteiger partial charge in [-0.1, -0.05) is 34.6 Å². The third-order valence-electron chi connectivity index (χ3n) is 4.29. The maximum absolute atomic E-state index is 5.39. The first-order valence-electron chi connectivity index (χ1n) is 10.5. The summed E-state index contributed by atoms with van der Waals surface area (Å²) in [6.07, 6.45) is 0. The van der Waals surface area contributed by atoms with Gasteiger partial charge in [0.15, 0.2) is 0 Å². The summed E-state index contributed by atoms with van der Waals surface area (Å²) in [5, 5.41) is 0. The van der Waals surface area contributed by atoms with Crippen LogP contribution in [0.15, 0.2) is 0 Å². The predicted octanol–water partition coefficient (Wildman–Crippen LogP) is 7.73. The number of hydrogen-bond donors (Lipinski definition) is 0. The molecule has 0 aromatic rings. The van der Waals surface area contributed by atoms with Crippen molar-refractivity contribution in [2.24, 2.45) is 22.2 Å². The third-order valence-corrected chi connectivity index (χ3v) is 8.99. The van der Waals surface area contributed by atoms with Crippen molar-refractivity contribution in [3.05, 3.63) is 0 Å². The maximum atomic E-state index is 5.39. The van der Waals surface area contributed by atoms with Crippen molar-refractivity contribution < 1.29 is 62.8 Å². The van der Waals surface area contributed by atoms with Crippen molar-refractivity contribution >= 4 is 11.9 Å². The zero-order valence-electron chi connectivity index (χ0n) is 22.7. The Labute approximate surface area is 218 Å². The second-order valence-electron chi connectivity index (χ2n) is 11.8. The first kappa shape index (κ1) is 37.9. The Kier molecular flexibility index (Phi) is 21.3. The molecule has 0 rings (SSSR count). The molecule has 0 bridgehead atoms. The van der Waals surface area contributed by atoms with Crippen LogP contribution in [0.4, 0.5) is 0 Å². The van der Waals surface area contributed by atoms with Crippen molar-refractivity contribution in [2.75, 3.05) is 0 Å². The SMILES string of the molecule is CC(C)C(C)(C)C.C[C](=[W])C(C)(C)C.C[C](=[W])C(C)(C)C.C[C](=[W])OC(C)(C)C. The van der Waals surface area contributed by atoms with Crippen LogP contribution >= 0.6 is 0 Å². The molecular formula is C25H52OW3. The van der Waals surface area contributed by atoms with Crippen LogP contribution in [-0.2, 0) is 62.8 Å². The standard InChI is InChI=1S/C7H16.C6H12O.2C6H12.3W/c1-6(2)7(3,4)5;1-5-7-6(2,3)4;2*1-5-6(2,3)4;;;/h6H,1-5H3;1-4H3;2*1-4H3;;;. The zero-order chi connectivity index (χ0) is 25.0. The quantitative estimate of drug-likeness (QED) is 0.262. The molecule has 0 aromatic heterocycles. The molecule has 0 aliphatic carbocycles. The van der Waals surface area contributed by atoms with E-state index in [1.54, 1.807) is 46.5 Å². The van der Waals surface area contributed by atoms with Crippen molar-refractivity contribution in [3.8, 4) is 0 Å². The molecule has 4 heteroatoms. The first-order chi connectivity index (χ1) is 12.2. The molecule has 0 spiro atoms. The fourth-order valence-electron chi connectivity index (χ4n) is 0.431. The molecule has 29 heavy (non-hydrogen) atoms. The first-order valence-corrected chi connectivity index (χ1v) is 14.9. The van der Waals surface area contributed by atoms with Crippen LogP contribution in [0, 0.1) is 22.2 Å². The minimum absolute atomic E-state index is 0.00579. The van der Waals surface area contributed by atoms with Crippen LogP contribution in [0.5, 0.6) is 0 Å². The molecule has 0 N–H and O–H groups in total. The summed E-state index contributed by atoms with van der Waals surface area (Å²) in [5.74, 6) is 0.799. The van der Waals surface area contributed by atoms with Crippen molar-refractivity contribution in [2.45, 2.75) is 123 Å². The van der Waals surface area contributed by atoms with Gasteiger partial charge >= 0.3 is 174 Å². The minimum atomic E-state index is 0.00579. The Hall–Kier alpha value is 1.63. The van der Waals surface area contributed by atoms with Crippen LogP contribution in [0.3, 0.4) is 0 Å². The van der Waals surface area contributed by atoms with E-state index in [1.807, 2.05) is 6.92 Å². The Balaban J connectivity index is -0.000000144. The van der Waals surface area contributed by atoms with Gasteiger partial charge in [-0.15, -0.1) is 0 Å². The molecule has 0 aliphatic rings. The third kappa shape index (κ3) is 37.3. The Morgan fingerprint density at radius 1 is 0.586 bits per heavy atom. The van der Waals surface area contributed by atoms with Crippen LogP contribution in [-0.4, -0.2) is 17.5 Å². The molecule has 176 valence electrons. The van der Waals surface area contributed by atoms with Gasteiger partial charge in [0.1, 0.15) is 0 Å². The monoisotopic (exact) mass is 920 g/mol. The second kappa shape index (κ2) is 16.3. The van der Waals surface area contributed by atoms with E-state index in [-0.39, 0.29) is 5.60 Å². The van der Waals surface area contributed by atoms with E-state index < -0.39 is 0 Å². The fraction of sp³-hybridized carbons (Fsp3) is 0.880. The van der Waals surface area contributed by atoms with Crippen LogP contribution in [0.2, 0.25) is 0 Å². The average Bonchev–Trinajstić information content (AvgIpc) is 2.33. The topological polar surface area (TPSA) is 9.23 Å². The number of hydrogen-bond acceptors (Lipinski definition) is 1. The van der Waals surface area contributed by atoms with E-state index >= 15 is 0 Å². The summed E-state index contributed by atoms with van der Waals surface area (Å²) < 4.78 is 9.65. The van der Waals surface area contributed by atoms with Crippen molar-refractivity contribution in [1.29, 1.82) is 0 Å². The molecule has 0 fully saturated rings. The molecule has 1 nitrogen and oxygen atoms in total. The van der Waals surface area contributed by atoms with E-state index in [0.717, 1.165) is 10.0 Å². The number of ether oxygens (including phenoxy) is 1. The van der Waals surface area contributed by atoms with E-state index in [4.69, 9.17) is 4.74 Å². The summed E-state index contributed by atoms with van der Waals surface area (Å²) in [7, 11) is 0. The molecular weight excluding hydrogens is 868 g/mol. The van der Waals surface area contributed by atoms with Crippen LogP contribution in [0.25, 0.3) is 0 Å². The summed E-state index contributed by atoms with van der Waals surface area (Å²) in [5.41, 5.74) is 1.41. The summed E-state index contributed by atoms with van der Waals surface area (Å²) in [6.45, 7) is 37.3. The van der Waals surface area contributed by atoms with Crippen molar-refractivity contribution in [3.63, 3.8) is 0 Å². The molecule has 0 atom stereocenters. The predicted molar refractivity (Wildman–Crippen MR) is 126 cm³/mol. The van der Waals surface area contributed by atoms with Gasteiger partial charge in [-0.3, -0.25) is 0 Å². The molecule has 0 radical (unpaired) electrons. The van der Waals surface area contributed by atoms with E-state index in [9.17, 15) is 0 Å². The Morgan fingerprint density at radius 3 is 0.759 bits per heavy atom. The van der Waals surface area contributed by atoms with E-state index in [2.05, 4.69) is 111 Å². The Morgan fingerprint density at radius 2 is 0.759 bits per heavy atom. The van der Waals surface area contributed by atoms with Gasteiger partial charge in [-0.25, -0.2) is 0 Å². The Bertz CT molecular complexity index is 452. The van der Waals surface area contributed by atoms with Gasteiger partial charge in [-0.05, 0) is 11.3 Å². The van der Waals surface area contributed by atoms with Crippen LogP contribution in [0.1, 0.15) is 118 Å². The molecule has 0 amide bonds. The van der Waals surface area contributed by atoms with Gasteiger partial charge in [-0.2, -0.15) is 0 Å². The molecule has 0 aliphatic heterocycles. The summed E-state index contributed by atoms with van der Waals surface area (Å²) in [6, 6.07) is 0. The van der Waals surface area contributed by atoms with Gasteiger partial charge in [0, 0.05) is 0 Å². The zero-order valence-corrected chi connectivity index (χ0v) is 31.5. The summed E-state index contributed by atoms with van der Waals surface area (Å²) >= 11 is 4.64. The van der Waals surface area contributed by atoms with Gasteiger partial charge in [0.25, 0.3) is 0 Å². The van der Waals surface area contributed by atoms with Crippen molar-refractivity contribution in [1.82, 2.24) is 0 Å². The molecule has 0 saturated heterocycles. The number of rotatable bonds is 1. The molecule has 0 unspecified atom stereocenters. The second-order valence-corrected chi connectivity index (χ2v) is 18.3. The summed E-state index contributed by atoms with van der Waals surface area (Å²) in [4.78, 5) is 0. The van der Waals surface area contributed by atoms with Gasteiger partial charge < -0.3 is 0 Å².